The van der Waals surface area contributed by atoms with Gasteiger partial charge in [-0.3, -0.25) is 37.9 Å². The van der Waals surface area contributed by atoms with Crippen LogP contribution >= 0.6 is 15.6 Å². The first-order valence-corrected chi connectivity index (χ1v) is 47.8. The van der Waals surface area contributed by atoms with Crippen molar-refractivity contribution in [2.24, 2.45) is 0 Å². The monoisotopic (exact) mass is 1680 g/mol. The van der Waals surface area contributed by atoms with Gasteiger partial charge in [-0.05, 0) is 121 Å². The van der Waals surface area contributed by atoms with E-state index in [0.29, 0.717) is 51.4 Å². The van der Waals surface area contributed by atoms with Crippen LogP contribution in [-0.2, 0) is 65.4 Å². The second-order valence-electron chi connectivity index (χ2n) is 30.8. The van der Waals surface area contributed by atoms with Crippen LogP contribution in [0.4, 0.5) is 0 Å². The van der Waals surface area contributed by atoms with E-state index in [1.54, 1.807) is 0 Å². The van der Waals surface area contributed by atoms with E-state index < -0.39 is 102 Å². The van der Waals surface area contributed by atoms with Gasteiger partial charge in [-0.2, -0.15) is 0 Å². The summed E-state index contributed by atoms with van der Waals surface area (Å²) in [5, 5.41) is 32.0. The number of hydrogen-bond acceptors (Lipinski definition) is 20. The van der Waals surface area contributed by atoms with Gasteiger partial charge in [0.05, 0.1) is 76.8 Å². The maximum Gasteiger partial charge on any atom is 1.00 e. The molecule has 0 radical (unpaired) electrons. The summed E-state index contributed by atoms with van der Waals surface area (Å²) in [5.41, 5.74) is 0.0629. The zero-order valence-electron chi connectivity index (χ0n) is 72.6. The molecule has 0 spiro atoms. The van der Waals surface area contributed by atoms with Gasteiger partial charge < -0.3 is 78.3 Å². The van der Waals surface area contributed by atoms with Gasteiger partial charge >= 0.3 is 41.5 Å². The molecule has 0 aliphatic rings. The molecule has 0 aliphatic carbocycles. The van der Waals surface area contributed by atoms with E-state index in [-0.39, 0.29) is 118 Å². The van der Waals surface area contributed by atoms with E-state index >= 15 is 0 Å². The smallest absolute Gasteiger partial charge is 0.756 e. The van der Waals surface area contributed by atoms with Crippen molar-refractivity contribution in [1.29, 1.82) is 0 Å². The maximum absolute atomic E-state index is 13.8. The number of amides is 4. The molecular formula is C88H158N4NaO20P2-. The topological polar surface area (TPSA) is 345 Å². The third-order valence-corrected chi connectivity index (χ3v) is 21.8. The van der Waals surface area contributed by atoms with Gasteiger partial charge in [0.15, 0.2) is 0 Å². The second kappa shape index (κ2) is 77.9. The van der Waals surface area contributed by atoms with Crippen LogP contribution in [0.3, 0.4) is 0 Å². The largest absolute Gasteiger partial charge is 1.00 e. The van der Waals surface area contributed by atoms with E-state index in [0.717, 1.165) is 167 Å². The molecule has 0 saturated heterocycles. The van der Waals surface area contributed by atoms with Gasteiger partial charge in [-0.25, -0.2) is 0 Å². The number of esters is 2. The summed E-state index contributed by atoms with van der Waals surface area (Å²) >= 11 is 0. The summed E-state index contributed by atoms with van der Waals surface area (Å²) in [4.78, 5) is 107. The fourth-order valence-electron chi connectivity index (χ4n) is 13.0. The summed E-state index contributed by atoms with van der Waals surface area (Å²) in [6.07, 6.45) is 50.6. The van der Waals surface area contributed by atoms with Crippen molar-refractivity contribution >= 4 is 51.2 Å². The molecule has 8 unspecified atom stereocenters. The van der Waals surface area contributed by atoms with Crippen LogP contribution in [0, 0.1) is 0 Å². The van der Waals surface area contributed by atoms with Crippen LogP contribution in [0.5, 0.6) is 0 Å². The number of phosphoric acid groups is 2. The SMILES string of the molecule is CCCCC/C=C\CCCC(=O)OC(CCCCCCCCCCC)CC(=O)NC(COCCC(O)CCCCCCC)COP(=O)([O-])OCCNC(=O)c1cccc(C(=O)NCCOP(=O)([O-])OCC(COCCC(O)CCCCCCC)NC(=O)CC(CCCCCCCCCCC)OC(=O)CCC/C=C\CCCCC)c1.[Na+]. The Kier molecular flexibility index (Phi) is 75.6. The van der Waals surface area contributed by atoms with Crippen LogP contribution in [-0.4, -0.2) is 148 Å². The number of benzene rings is 1. The molecule has 24 nitrogen and oxygen atoms in total. The predicted molar refractivity (Wildman–Crippen MR) is 451 cm³/mol. The molecule has 0 fully saturated rings. The Morgan fingerprint density at radius 1 is 0.391 bits per heavy atom. The Morgan fingerprint density at radius 3 is 1.03 bits per heavy atom. The van der Waals surface area contributed by atoms with Gasteiger partial charge in [0.2, 0.25) is 11.8 Å². The third kappa shape index (κ3) is 69.9. The Balaban J connectivity index is 0.000130. The van der Waals surface area contributed by atoms with Crippen molar-refractivity contribution in [3.8, 4) is 0 Å². The fourth-order valence-corrected chi connectivity index (χ4v) is 14.5. The number of ether oxygens (including phenoxy) is 4. The number of aliphatic hydroxyl groups excluding tert-OH is 2. The molecule has 0 aliphatic heterocycles. The fraction of sp³-hybridized carbons (Fsp3) is 0.818. The molecule has 0 bridgehead atoms. The summed E-state index contributed by atoms with van der Waals surface area (Å²) in [7, 11) is -10.1. The minimum absolute atomic E-state index is 0. The normalized spacial score (nSPS) is 14.3. The first-order chi connectivity index (χ1) is 55.2. The van der Waals surface area contributed by atoms with Gasteiger partial charge in [0.1, 0.15) is 12.2 Å². The minimum atomic E-state index is -5.07. The predicted octanol–water partition coefficient (Wildman–Crippen LogP) is 15.4. The number of rotatable bonds is 82. The first-order valence-electron chi connectivity index (χ1n) is 44.9. The Bertz CT molecular complexity index is 2550. The molecule has 0 aromatic heterocycles. The third-order valence-electron chi connectivity index (χ3n) is 19.8. The number of hydrogen-bond donors (Lipinski definition) is 6. The van der Waals surface area contributed by atoms with Gasteiger partial charge in [0, 0.05) is 50.3 Å². The van der Waals surface area contributed by atoms with Crippen LogP contribution in [0.15, 0.2) is 48.6 Å². The number of carbonyl (C=O) groups is 6. The first kappa shape index (κ1) is 112. The standard InChI is InChI=1S/C88H160N4O20P2.Na/c1-7-13-19-25-29-33-35-41-47-56-81(111-85(97)58-49-43-37-31-27-21-15-9-3)69-83(95)91-77(71-105-64-60-79(93)54-45-39-23-17-11-5)73-109-113(101,102)107-66-62-89-87(99)75-52-51-53-76(68-75)88(100)90-63-67-108-114(103,104)110-74-78(72-106-65-61-80(94)55-46-40-24-18-12-6)92-84(96)70-82(57-48-42-36-34-30-26-20-14-8-2)112-86(98)59-50-44-38-32-28-22-16-10-4;/h31-32,37-38,51-53,68,77-82,93-94H,7-30,33-36,39-50,54-67,69-74H2,1-6H3,(H,89,99)(H,90,100)(H,91,95)(H,92,96)(H,101,102)(H,103,104);/q;+1/p-2/b37-31-,38-32-;. The zero-order valence-corrected chi connectivity index (χ0v) is 76.4. The maximum atomic E-state index is 13.8. The van der Waals surface area contributed by atoms with Crippen molar-refractivity contribution in [1.82, 2.24) is 21.3 Å². The molecule has 4 amide bonds. The van der Waals surface area contributed by atoms with E-state index in [4.69, 9.17) is 37.0 Å². The molecule has 0 saturated carbocycles. The minimum Gasteiger partial charge on any atom is -0.756 e. The average molecular weight is 1680 g/mol. The molecule has 0 heterocycles. The number of aliphatic hydroxyl groups is 2. The zero-order chi connectivity index (χ0) is 83.7. The molecule has 662 valence electrons. The molecule has 1 rings (SSSR count). The van der Waals surface area contributed by atoms with Crippen LogP contribution in [0.2, 0.25) is 0 Å². The van der Waals surface area contributed by atoms with Gasteiger partial charge in [-0.15, -0.1) is 0 Å². The molecule has 1 aromatic rings. The van der Waals surface area contributed by atoms with Gasteiger partial charge in [-0.1, -0.05) is 265 Å². The van der Waals surface area contributed by atoms with E-state index in [1.165, 1.54) is 101 Å². The molecule has 27 heteroatoms. The number of allylic oxidation sites excluding steroid dienone is 4. The molecule has 1 aromatic carbocycles. The molecule has 115 heavy (non-hydrogen) atoms. The number of nitrogens with one attached hydrogen (secondary N) is 4. The number of phosphoric ester groups is 2. The van der Waals surface area contributed by atoms with Crippen molar-refractivity contribution in [2.75, 3.05) is 65.9 Å². The van der Waals surface area contributed by atoms with Crippen molar-refractivity contribution in [2.45, 2.75) is 399 Å². The van der Waals surface area contributed by atoms with Crippen LogP contribution < -0.4 is 60.6 Å². The van der Waals surface area contributed by atoms with E-state index in [2.05, 4.69) is 87.1 Å². The van der Waals surface area contributed by atoms with Crippen molar-refractivity contribution in [3.05, 3.63) is 59.7 Å². The number of carbonyl (C=O) groups excluding carboxylic acids is 6. The molecule has 6 N–H and O–H groups in total. The Labute approximate surface area is 717 Å². The van der Waals surface area contributed by atoms with E-state index in [1.807, 2.05) is 0 Å². The van der Waals surface area contributed by atoms with Crippen LogP contribution in [0.25, 0.3) is 0 Å². The number of unbranched alkanes of at least 4 members (excludes halogenated alkanes) is 32. The quantitative estimate of drug-likeness (QED) is 0.0116. The van der Waals surface area contributed by atoms with Crippen molar-refractivity contribution < 1.29 is 124 Å². The summed E-state index contributed by atoms with van der Waals surface area (Å²) in [5.74, 6) is -3.12. The van der Waals surface area contributed by atoms with Crippen LogP contribution in [0.1, 0.15) is 383 Å². The summed E-state index contributed by atoms with van der Waals surface area (Å²) in [6.45, 7) is 10.1. The Morgan fingerprint density at radius 2 is 0.696 bits per heavy atom. The summed E-state index contributed by atoms with van der Waals surface area (Å²) in [6, 6.07) is 3.60. The Hall–Kier alpha value is -3.42. The average Bonchev–Trinajstić information content (AvgIpc) is 0.866. The van der Waals surface area contributed by atoms with Gasteiger partial charge in [0.25, 0.3) is 27.5 Å². The van der Waals surface area contributed by atoms with E-state index in [9.17, 15) is 57.9 Å². The molecule has 8 atom stereocenters. The summed E-state index contributed by atoms with van der Waals surface area (Å²) < 4.78 is 70.8. The second-order valence-corrected chi connectivity index (χ2v) is 33.6. The molecular weight excluding hydrogens is 1520 g/mol. The van der Waals surface area contributed by atoms with Crippen molar-refractivity contribution in [3.63, 3.8) is 0 Å².